The summed E-state index contributed by atoms with van der Waals surface area (Å²) in [5, 5.41) is 3.05. The summed E-state index contributed by atoms with van der Waals surface area (Å²) in [6, 6.07) is 5.02. The molecule has 1 aliphatic heterocycles. The van der Waals surface area contributed by atoms with Crippen LogP contribution in [0.2, 0.25) is 5.02 Å². The minimum absolute atomic E-state index is 0.191. The quantitative estimate of drug-likeness (QED) is 0.687. The second-order valence-electron chi connectivity index (χ2n) is 4.07. The third kappa shape index (κ3) is 1.35. The van der Waals surface area contributed by atoms with Crippen LogP contribution >= 0.6 is 11.6 Å². The molecule has 0 saturated carbocycles. The van der Waals surface area contributed by atoms with Crippen LogP contribution in [0.5, 0.6) is 0 Å². The summed E-state index contributed by atoms with van der Waals surface area (Å²) in [7, 11) is 0. The summed E-state index contributed by atoms with van der Waals surface area (Å²) in [5.41, 5.74) is -0.113. The van der Waals surface area contributed by atoms with Gasteiger partial charge in [-0.25, -0.2) is 0 Å². The van der Waals surface area contributed by atoms with E-state index in [0.717, 1.165) is 0 Å². The molecule has 0 saturated heterocycles. The Balaban J connectivity index is 2.66. The molecular formula is C11H10ClNO2. The number of nitrogens with one attached hydrogen (secondary N) is 1. The third-order valence-electron chi connectivity index (χ3n) is 2.63. The Morgan fingerprint density at radius 1 is 1.27 bits per heavy atom. The van der Waals surface area contributed by atoms with Gasteiger partial charge in [0.2, 0.25) is 5.91 Å². The summed E-state index contributed by atoms with van der Waals surface area (Å²) >= 11 is 5.90. The van der Waals surface area contributed by atoms with Gasteiger partial charge in [0.1, 0.15) is 5.41 Å². The van der Waals surface area contributed by atoms with E-state index < -0.39 is 5.41 Å². The number of hydrogen-bond acceptors (Lipinski definition) is 2. The van der Waals surface area contributed by atoms with E-state index in [2.05, 4.69) is 5.32 Å². The molecular weight excluding hydrogens is 214 g/mol. The number of ketones is 1. The fraction of sp³-hybridized carbons (Fsp3) is 0.273. The second kappa shape index (κ2) is 3.07. The predicted octanol–water partition coefficient (Wildman–Crippen LogP) is 2.50. The molecule has 4 heteroatoms. The molecule has 0 spiro atoms. The van der Waals surface area contributed by atoms with E-state index in [4.69, 9.17) is 11.6 Å². The number of para-hydroxylation sites is 1. The van der Waals surface area contributed by atoms with Crippen molar-refractivity contribution in [2.24, 2.45) is 5.41 Å². The van der Waals surface area contributed by atoms with Crippen molar-refractivity contribution in [1.82, 2.24) is 0 Å². The zero-order chi connectivity index (χ0) is 11.2. The molecule has 1 aromatic rings. The Hall–Kier alpha value is -1.35. The van der Waals surface area contributed by atoms with Gasteiger partial charge in [-0.05, 0) is 26.0 Å². The van der Waals surface area contributed by atoms with Crippen molar-refractivity contribution in [2.45, 2.75) is 13.8 Å². The number of halogens is 1. The number of hydrogen-bond donors (Lipinski definition) is 1. The van der Waals surface area contributed by atoms with Gasteiger partial charge < -0.3 is 5.32 Å². The van der Waals surface area contributed by atoms with E-state index in [9.17, 15) is 9.59 Å². The normalized spacial score (nSPS) is 18.3. The molecule has 1 N–H and O–H groups in total. The lowest BCUT2D eigenvalue weighted by molar-refractivity contribution is -0.122. The Morgan fingerprint density at radius 3 is 2.60 bits per heavy atom. The smallest absolute Gasteiger partial charge is 0.237 e. The van der Waals surface area contributed by atoms with Crippen LogP contribution in [0, 0.1) is 5.41 Å². The molecule has 0 unspecified atom stereocenters. The van der Waals surface area contributed by atoms with Crippen LogP contribution in [0.1, 0.15) is 24.2 Å². The van der Waals surface area contributed by atoms with Crippen LogP contribution < -0.4 is 5.32 Å². The Morgan fingerprint density at radius 2 is 1.93 bits per heavy atom. The van der Waals surface area contributed by atoms with Crippen molar-refractivity contribution in [3.05, 3.63) is 28.8 Å². The maximum absolute atomic E-state index is 12.0. The number of amides is 1. The fourth-order valence-corrected chi connectivity index (χ4v) is 1.77. The molecule has 1 heterocycles. The maximum Gasteiger partial charge on any atom is 0.237 e. The monoisotopic (exact) mass is 223 g/mol. The van der Waals surface area contributed by atoms with E-state index >= 15 is 0 Å². The molecule has 1 aliphatic rings. The highest BCUT2D eigenvalue weighted by Crippen LogP contribution is 2.36. The number of fused-ring (bicyclic) bond motifs is 1. The lowest BCUT2D eigenvalue weighted by atomic mass is 9.80. The second-order valence-corrected chi connectivity index (χ2v) is 4.48. The molecule has 0 fully saturated rings. The van der Waals surface area contributed by atoms with Crippen LogP contribution in [0.4, 0.5) is 5.69 Å². The van der Waals surface area contributed by atoms with Gasteiger partial charge >= 0.3 is 0 Å². The Labute approximate surface area is 92.4 Å². The van der Waals surface area contributed by atoms with Gasteiger partial charge in [-0.3, -0.25) is 9.59 Å². The first-order chi connectivity index (χ1) is 6.94. The zero-order valence-corrected chi connectivity index (χ0v) is 9.18. The summed E-state index contributed by atoms with van der Waals surface area (Å²) in [6.45, 7) is 3.21. The van der Waals surface area contributed by atoms with Crippen molar-refractivity contribution < 1.29 is 9.59 Å². The summed E-state index contributed by atoms with van der Waals surface area (Å²) in [4.78, 5) is 23.6. The van der Waals surface area contributed by atoms with Gasteiger partial charge in [0.05, 0.1) is 10.7 Å². The Kier molecular flexibility index (Phi) is 2.08. The number of Topliss-reactive ketones (excluding diaryl/α,β-unsaturated/α-hetero) is 1. The molecule has 1 aromatic carbocycles. The minimum atomic E-state index is -1.02. The molecule has 15 heavy (non-hydrogen) atoms. The predicted molar refractivity (Wildman–Crippen MR) is 58.2 cm³/mol. The number of anilines is 1. The van der Waals surface area contributed by atoms with Gasteiger partial charge in [-0.1, -0.05) is 17.7 Å². The first-order valence-corrected chi connectivity index (χ1v) is 4.97. The fourth-order valence-electron chi connectivity index (χ4n) is 1.55. The number of carbonyl (C=O) groups excluding carboxylic acids is 2. The van der Waals surface area contributed by atoms with Gasteiger partial charge in [-0.2, -0.15) is 0 Å². The minimum Gasteiger partial charge on any atom is -0.323 e. The number of rotatable bonds is 0. The molecule has 0 bridgehead atoms. The maximum atomic E-state index is 12.0. The van der Waals surface area contributed by atoms with Crippen LogP contribution in [-0.2, 0) is 4.79 Å². The van der Waals surface area contributed by atoms with Crippen LogP contribution in [0.15, 0.2) is 18.2 Å². The lowest BCUT2D eigenvalue weighted by Gasteiger charge is -2.29. The molecule has 1 amide bonds. The van der Waals surface area contributed by atoms with Crippen LogP contribution in [-0.4, -0.2) is 11.7 Å². The van der Waals surface area contributed by atoms with E-state index in [1.54, 1.807) is 32.0 Å². The van der Waals surface area contributed by atoms with Gasteiger partial charge in [-0.15, -0.1) is 0 Å². The summed E-state index contributed by atoms with van der Waals surface area (Å²) in [5.74, 6) is -0.503. The third-order valence-corrected chi connectivity index (χ3v) is 2.95. The van der Waals surface area contributed by atoms with Crippen molar-refractivity contribution in [3.8, 4) is 0 Å². The Bertz CT molecular complexity index is 466. The van der Waals surface area contributed by atoms with Crippen molar-refractivity contribution >= 4 is 29.0 Å². The van der Waals surface area contributed by atoms with E-state index in [1.165, 1.54) is 0 Å². The van der Waals surface area contributed by atoms with Crippen LogP contribution in [0.25, 0.3) is 0 Å². The molecule has 3 nitrogen and oxygen atoms in total. The summed E-state index contributed by atoms with van der Waals surface area (Å²) < 4.78 is 0. The zero-order valence-electron chi connectivity index (χ0n) is 8.43. The average Bonchev–Trinajstić information content (AvgIpc) is 2.18. The van der Waals surface area contributed by atoms with E-state index in [1.807, 2.05) is 0 Å². The standard InChI is InChI=1S/C11H10ClNO2/c1-11(2)9(14)6-4-3-5-7(12)8(6)13-10(11)15/h3-5H,1-2H3,(H,13,15). The van der Waals surface area contributed by atoms with E-state index in [-0.39, 0.29) is 11.7 Å². The van der Waals surface area contributed by atoms with Crippen molar-refractivity contribution in [2.75, 3.05) is 5.32 Å². The van der Waals surface area contributed by atoms with E-state index in [0.29, 0.717) is 16.3 Å². The van der Waals surface area contributed by atoms with Gasteiger partial charge in [0, 0.05) is 5.56 Å². The average molecular weight is 224 g/mol. The lowest BCUT2D eigenvalue weighted by Crippen LogP contribution is -2.42. The van der Waals surface area contributed by atoms with Gasteiger partial charge in [0.25, 0.3) is 0 Å². The first kappa shape index (κ1) is 10.2. The van der Waals surface area contributed by atoms with Crippen LogP contribution in [0.3, 0.4) is 0 Å². The first-order valence-electron chi connectivity index (χ1n) is 4.59. The molecule has 0 atom stereocenters. The number of carbonyl (C=O) groups is 2. The van der Waals surface area contributed by atoms with Crippen molar-refractivity contribution in [1.29, 1.82) is 0 Å². The highest BCUT2D eigenvalue weighted by atomic mass is 35.5. The molecule has 0 radical (unpaired) electrons. The number of benzene rings is 1. The highest BCUT2D eigenvalue weighted by Gasteiger charge is 2.42. The highest BCUT2D eigenvalue weighted by molar-refractivity contribution is 6.36. The SMILES string of the molecule is CC1(C)C(=O)Nc2c(Cl)cccc2C1=O. The molecule has 0 aliphatic carbocycles. The van der Waals surface area contributed by atoms with Gasteiger partial charge in [0.15, 0.2) is 5.78 Å². The van der Waals surface area contributed by atoms with Crippen molar-refractivity contribution in [3.63, 3.8) is 0 Å². The molecule has 0 aromatic heterocycles. The molecule has 2 rings (SSSR count). The topological polar surface area (TPSA) is 46.2 Å². The summed E-state index contributed by atoms with van der Waals surface area (Å²) in [6.07, 6.45) is 0. The molecule has 78 valence electrons. The largest absolute Gasteiger partial charge is 0.323 e.